The number of carbonyl (C=O) groups excluding carboxylic acids is 3. The summed E-state index contributed by atoms with van der Waals surface area (Å²) in [5.41, 5.74) is 21.7. The zero-order valence-corrected chi connectivity index (χ0v) is 35.5. The standard InChI is InChI=1S/C40H49F3N16O5/c1-5-58-28(15-21(3)53-58)36(62)51-38-49-26-17-23(33(45)60)16-25(47-9-12-55-13-14-64-29(20-55)40(41,42)43)31(26)56(38)10-7-8-11-57-35-27(18-24(19-48-35)34(46)61)50-39(57)52-37(63)32-30(44)22(4)54-59(32)6-2/h7-8,15-19,29,37,47,63H,5-6,9-14,20,44H2,1-4H3,(H2,45,60)(H2,46,61)(H,50,52)(H,49,51,62)/b8-7+. The number of alkyl halides is 3. The topological polar surface area (TPSA) is 282 Å². The van der Waals surface area contributed by atoms with Crippen molar-refractivity contribution < 1.29 is 37.4 Å². The second kappa shape index (κ2) is 18.4. The first-order valence-corrected chi connectivity index (χ1v) is 20.4. The van der Waals surface area contributed by atoms with Crippen LogP contribution in [0.25, 0.3) is 22.2 Å². The monoisotopic (exact) mass is 890 g/mol. The van der Waals surface area contributed by atoms with Crippen LogP contribution in [0.4, 0.5) is 36.4 Å². The molecule has 0 radical (unpaired) electrons. The average molecular weight is 891 g/mol. The van der Waals surface area contributed by atoms with Gasteiger partial charge in [-0.25, -0.2) is 15.0 Å². The minimum Gasteiger partial charge on any atom is -0.396 e. The summed E-state index contributed by atoms with van der Waals surface area (Å²) in [4.78, 5) is 53.8. The van der Waals surface area contributed by atoms with Gasteiger partial charge in [-0.15, -0.1) is 0 Å². The number of hydrogen-bond donors (Lipinski definition) is 7. The van der Waals surface area contributed by atoms with E-state index in [0.29, 0.717) is 70.3 Å². The second-order valence-corrected chi connectivity index (χ2v) is 15.1. The Hall–Kier alpha value is -7.05. The molecule has 6 heterocycles. The van der Waals surface area contributed by atoms with Crippen LogP contribution in [0.2, 0.25) is 0 Å². The Labute approximate surface area is 363 Å². The largest absolute Gasteiger partial charge is 0.415 e. The molecule has 7 rings (SSSR count). The van der Waals surface area contributed by atoms with Gasteiger partial charge in [-0.3, -0.25) is 38.5 Å². The van der Waals surface area contributed by atoms with E-state index in [1.165, 1.54) is 24.4 Å². The predicted molar refractivity (Wildman–Crippen MR) is 230 cm³/mol. The van der Waals surface area contributed by atoms with E-state index in [9.17, 15) is 32.7 Å². The molecule has 0 saturated carbocycles. The summed E-state index contributed by atoms with van der Waals surface area (Å²) in [7, 11) is 0. The van der Waals surface area contributed by atoms with Crippen molar-refractivity contribution in [3.63, 3.8) is 0 Å². The van der Waals surface area contributed by atoms with Gasteiger partial charge in [-0.2, -0.15) is 23.4 Å². The van der Waals surface area contributed by atoms with Crippen LogP contribution in [0.5, 0.6) is 0 Å². The fourth-order valence-electron chi connectivity index (χ4n) is 7.53. The number of anilines is 4. The number of nitrogens with zero attached hydrogens (tertiary/aromatic N) is 10. The third kappa shape index (κ3) is 9.33. The van der Waals surface area contributed by atoms with E-state index in [1.54, 1.807) is 55.5 Å². The van der Waals surface area contributed by atoms with Crippen molar-refractivity contribution in [1.82, 2.24) is 48.5 Å². The lowest BCUT2D eigenvalue weighted by molar-refractivity contribution is -0.236. The number of nitrogens with one attached hydrogen (secondary N) is 3. The first kappa shape index (κ1) is 45.0. The highest BCUT2D eigenvalue weighted by Gasteiger charge is 2.43. The van der Waals surface area contributed by atoms with Gasteiger partial charge >= 0.3 is 6.18 Å². The van der Waals surface area contributed by atoms with Crippen molar-refractivity contribution in [2.24, 2.45) is 11.5 Å². The average Bonchev–Trinajstić information content (AvgIpc) is 3.99. The van der Waals surface area contributed by atoms with Crippen molar-refractivity contribution in [2.45, 2.75) is 72.4 Å². The minimum absolute atomic E-state index is 0.0828. The molecular weight excluding hydrogens is 842 g/mol. The first-order chi connectivity index (χ1) is 30.5. The molecule has 10 N–H and O–H groups in total. The Kier molecular flexibility index (Phi) is 12.9. The van der Waals surface area contributed by atoms with Crippen LogP contribution in [-0.4, -0.2) is 116 Å². The molecule has 2 unspecified atom stereocenters. The van der Waals surface area contributed by atoms with E-state index in [0.717, 1.165) is 0 Å². The lowest BCUT2D eigenvalue weighted by Crippen LogP contribution is -2.50. The van der Waals surface area contributed by atoms with E-state index in [4.69, 9.17) is 26.9 Å². The highest BCUT2D eigenvalue weighted by atomic mass is 19.4. The lowest BCUT2D eigenvalue weighted by atomic mass is 10.1. The molecule has 2 atom stereocenters. The van der Waals surface area contributed by atoms with Crippen molar-refractivity contribution in [3.8, 4) is 0 Å². The smallest absolute Gasteiger partial charge is 0.396 e. The van der Waals surface area contributed by atoms with Crippen LogP contribution >= 0.6 is 0 Å². The third-order valence-electron chi connectivity index (χ3n) is 10.7. The van der Waals surface area contributed by atoms with Crippen LogP contribution in [-0.2, 0) is 30.9 Å². The quantitative estimate of drug-likeness (QED) is 0.0513. The summed E-state index contributed by atoms with van der Waals surface area (Å²) in [6.07, 6.45) is -2.88. The molecule has 1 aliphatic heterocycles. The van der Waals surface area contributed by atoms with Crippen molar-refractivity contribution in [3.05, 3.63) is 76.5 Å². The van der Waals surface area contributed by atoms with Crippen LogP contribution in [0.3, 0.4) is 0 Å². The van der Waals surface area contributed by atoms with Gasteiger partial charge in [-0.1, -0.05) is 12.2 Å². The summed E-state index contributed by atoms with van der Waals surface area (Å²) in [5, 5.41) is 29.3. The molecule has 0 bridgehead atoms. The number of aromatic nitrogens is 9. The number of allylic oxidation sites excluding steroid dienone is 2. The SMILES string of the molecule is CCn1nc(C)cc1C(=O)Nc1nc2cc(C(N)=O)cc(NCCN3CCOC(C(F)(F)F)C3)c2n1C/C=C/Cn1c(NC(O)c2c(N)c(C)nn2CC)nc2cc(C(N)=O)cnc21. The Balaban J connectivity index is 1.23. The van der Waals surface area contributed by atoms with Crippen LogP contribution < -0.4 is 33.2 Å². The van der Waals surface area contributed by atoms with Crippen molar-refractivity contribution >= 4 is 63.2 Å². The normalized spacial score (nSPS) is 15.3. The maximum atomic E-state index is 13.8. The number of rotatable bonds is 17. The number of ether oxygens (including phenoxy) is 1. The summed E-state index contributed by atoms with van der Waals surface area (Å²) in [5.74, 6) is -1.66. The fourth-order valence-corrected chi connectivity index (χ4v) is 7.53. The van der Waals surface area contributed by atoms with Gasteiger partial charge in [0.1, 0.15) is 16.9 Å². The van der Waals surface area contributed by atoms with Gasteiger partial charge < -0.3 is 42.2 Å². The number of amides is 3. The molecule has 0 spiro atoms. The van der Waals surface area contributed by atoms with Crippen LogP contribution in [0.15, 0.2) is 42.6 Å². The molecule has 0 aliphatic carbocycles. The second-order valence-electron chi connectivity index (χ2n) is 15.1. The van der Waals surface area contributed by atoms with Crippen LogP contribution in [0.1, 0.15) is 68.4 Å². The maximum Gasteiger partial charge on any atom is 0.415 e. The molecule has 1 aromatic carbocycles. The Morgan fingerprint density at radius 1 is 0.953 bits per heavy atom. The third-order valence-corrected chi connectivity index (χ3v) is 10.7. The van der Waals surface area contributed by atoms with Crippen molar-refractivity contribution in [2.75, 3.05) is 54.5 Å². The number of aryl methyl sites for hydroxylation is 4. The molecule has 340 valence electrons. The number of benzene rings is 1. The molecule has 64 heavy (non-hydrogen) atoms. The molecule has 1 aliphatic rings. The number of primary amides is 2. The number of morpholine rings is 1. The van der Waals surface area contributed by atoms with Gasteiger partial charge in [0.15, 0.2) is 18.0 Å². The molecular formula is C40H49F3N16O5. The number of halogens is 3. The van der Waals surface area contributed by atoms with E-state index in [1.807, 2.05) is 13.8 Å². The maximum absolute atomic E-state index is 13.8. The molecule has 1 fully saturated rings. The molecule has 6 aromatic rings. The number of imidazole rings is 2. The van der Waals surface area contributed by atoms with Gasteiger partial charge in [0, 0.05) is 64.1 Å². The number of aliphatic hydroxyl groups excluding tert-OH is 1. The number of hydrogen-bond acceptors (Lipinski definition) is 14. The lowest BCUT2D eigenvalue weighted by Gasteiger charge is -2.33. The molecule has 24 heteroatoms. The molecule has 3 amide bonds. The Morgan fingerprint density at radius 3 is 2.33 bits per heavy atom. The van der Waals surface area contributed by atoms with E-state index < -0.39 is 36.2 Å². The Morgan fingerprint density at radius 2 is 1.64 bits per heavy atom. The number of nitrogens with two attached hydrogens (primary N) is 3. The first-order valence-electron chi connectivity index (χ1n) is 20.4. The number of carbonyl (C=O) groups is 3. The van der Waals surface area contributed by atoms with Crippen molar-refractivity contribution in [1.29, 1.82) is 0 Å². The van der Waals surface area contributed by atoms with E-state index >= 15 is 0 Å². The van der Waals surface area contributed by atoms with Gasteiger partial charge in [0.2, 0.25) is 23.7 Å². The highest BCUT2D eigenvalue weighted by Crippen LogP contribution is 2.31. The zero-order valence-electron chi connectivity index (χ0n) is 35.5. The van der Waals surface area contributed by atoms with Gasteiger partial charge in [0.25, 0.3) is 5.91 Å². The summed E-state index contributed by atoms with van der Waals surface area (Å²) in [6, 6.07) is 6.14. The number of fused-ring (bicyclic) bond motifs is 2. The predicted octanol–water partition coefficient (Wildman–Crippen LogP) is 2.90. The van der Waals surface area contributed by atoms with Crippen LogP contribution in [0, 0.1) is 13.8 Å². The molecule has 5 aromatic heterocycles. The van der Waals surface area contributed by atoms with Gasteiger partial charge in [0.05, 0.1) is 46.0 Å². The summed E-state index contributed by atoms with van der Waals surface area (Å²) in [6.45, 7) is 8.50. The zero-order chi connectivity index (χ0) is 46.0. The van der Waals surface area contributed by atoms with E-state index in [-0.39, 0.29) is 68.0 Å². The molecule has 21 nitrogen and oxygen atoms in total. The molecule has 1 saturated heterocycles. The fraction of sp³-hybridized carbons (Fsp3) is 0.400. The number of pyridine rings is 1. The Bertz CT molecular complexity index is 2750. The number of aliphatic hydroxyl groups is 1. The highest BCUT2D eigenvalue weighted by molar-refractivity contribution is 6.05. The van der Waals surface area contributed by atoms with Gasteiger partial charge in [-0.05, 0) is 52.0 Å². The summed E-state index contributed by atoms with van der Waals surface area (Å²) < 4.78 is 51.9. The summed E-state index contributed by atoms with van der Waals surface area (Å²) >= 11 is 0. The minimum atomic E-state index is -4.51. The van der Waals surface area contributed by atoms with E-state index in [2.05, 4.69) is 36.1 Å². The number of nitrogen functional groups attached to an aromatic ring is 1.